The molecule has 0 radical (unpaired) electrons. The second-order valence-corrected chi connectivity index (χ2v) is 11.1. The van der Waals surface area contributed by atoms with Crippen LogP contribution in [0.1, 0.15) is 76.1 Å². The molecule has 0 aromatic carbocycles. The van der Waals surface area contributed by atoms with E-state index in [0.717, 1.165) is 43.4 Å². The third-order valence-electron chi connectivity index (χ3n) is 6.98. The topological polar surface area (TPSA) is 70.2 Å². The summed E-state index contributed by atoms with van der Waals surface area (Å²) in [6.07, 6.45) is 8.76. The summed E-state index contributed by atoms with van der Waals surface area (Å²) in [5.41, 5.74) is 0.0165. The van der Waals surface area contributed by atoms with Gasteiger partial charge in [0.15, 0.2) is 0 Å². The summed E-state index contributed by atoms with van der Waals surface area (Å²) in [7, 11) is 0. The zero-order chi connectivity index (χ0) is 20.4. The van der Waals surface area contributed by atoms with Crippen molar-refractivity contribution in [2.45, 2.75) is 76.8 Å². The van der Waals surface area contributed by atoms with Crippen molar-refractivity contribution in [1.29, 1.82) is 0 Å². The molecule has 4 aliphatic rings. The molecule has 29 heavy (non-hydrogen) atoms. The molecule has 4 saturated carbocycles. The first-order valence-corrected chi connectivity index (χ1v) is 12.2. The summed E-state index contributed by atoms with van der Waals surface area (Å²) < 4.78 is 0. The minimum atomic E-state index is -0.100. The van der Waals surface area contributed by atoms with Crippen molar-refractivity contribution in [2.75, 3.05) is 6.54 Å². The lowest BCUT2D eigenvalue weighted by Gasteiger charge is -2.56. The van der Waals surface area contributed by atoms with E-state index in [4.69, 9.17) is 0 Å². The van der Waals surface area contributed by atoms with Crippen LogP contribution >= 0.6 is 11.3 Å². The summed E-state index contributed by atoms with van der Waals surface area (Å²) in [5.74, 6) is 2.93. The third-order valence-corrected chi connectivity index (χ3v) is 7.97. The van der Waals surface area contributed by atoms with Gasteiger partial charge in [-0.05, 0) is 80.1 Å². The standard InChI is InChI=1S/C23H35N3O2S/c1-15(2)8-19(20-4-3-7-29-20)25-21(27)5-6-24-22(28)26-23-12-16-9-17(13-23)11-18(10-16)14-23/h3-4,7,15-19H,5-6,8-14H2,1-2H3,(H,25,27)(H2,24,26,28). The number of urea groups is 1. The molecule has 5 rings (SSSR count). The van der Waals surface area contributed by atoms with E-state index in [9.17, 15) is 9.59 Å². The first-order chi connectivity index (χ1) is 13.9. The van der Waals surface area contributed by atoms with Crippen LogP contribution < -0.4 is 16.0 Å². The van der Waals surface area contributed by atoms with Crippen molar-refractivity contribution in [3.05, 3.63) is 22.4 Å². The molecule has 160 valence electrons. The largest absolute Gasteiger partial charge is 0.348 e. The van der Waals surface area contributed by atoms with Gasteiger partial charge in [0.1, 0.15) is 0 Å². The van der Waals surface area contributed by atoms with E-state index >= 15 is 0 Å². The average molecular weight is 418 g/mol. The van der Waals surface area contributed by atoms with Crippen molar-refractivity contribution in [3.63, 3.8) is 0 Å². The van der Waals surface area contributed by atoms with Crippen LogP contribution in [0.3, 0.4) is 0 Å². The van der Waals surface area contributed by atoms with Crippen LogP contribution in [0.5, 0.6) is 0 Å². The number of hydrogen-bond donors (Lipinski definition) is 3. The Bertz CT molecular complexity index is 680. The first-order valence-electron chi connectivity index (χ1n) is 11.3. The Balaban J connectivity index is 1.21. The molecule has 1 aromatic heterocycles. The highest BCUT2D eigenvalue weighted by Gasteiger charge is 2.51. The van der Waals surface area contributed by atoms with E-state index in [1.54, 1.807) is 11.3 Å². The van der Waals surface area contributed by atoms with Gasteiger partial charge in [0.25, 0.3) is 0 Å². The zero-order valence-corrected chi connectivity index (χ0v) is 18.5. The van der Waals surface area contributed by atoms with Crippen molar-refractivity contribution >= 4 is 23.3 Å². The summed E-state index contributed by atoms with van der Waals surface area (Å²) in [6.45, 7) is 4.72. The minimum absolute atomic E-state index is 0.000783. The van der Waals surface area contributed by atoms with Gasteiger partial charge in [-0.1, -0.05) is 19.9 Å². The highest BCUT2D eigenvalue weighted by Crippen LogP contribution is 2.55. The Morgan fingerprint density at radius 3 is 2.34 bits per heavy atom. The number of thiophene rings is 1. The maximum absolute atomic E-state index is 12.5. The first kappa shape index (κ1) is 20.7. The lowest BCUT2D eigenvalue weighted by atomic mass is 9.53. The Labute approximate surface area is 178 Å². The molecule has 6 heteroatoms. The zero-order valence-electron chi connectivity index (χ0n) is 17.7. The van der Waals surface area contributed by atoms with Crippen LogP contribution in [0.15, 0.2) is 17.5 Å². The maximum Gasteiger partial charge on any atom is 0.315 e. The molecule has 3 N–H and O–H groups in total. The molecule has 4 aliphatic carbocycles. The van der Waals surface area contributed by atoms with Crippen molar-refractivity contribution in [2.24, 2.45) is 23.7 Å². The number of carbonyl (C=O) groups is 2. The van der Waals surface area contributed by atoms with Crippen LogP contribution in [0.2, 0.25) is 0 Å². The van der Waals surface area contributed by atoms with E-state index in [1.807, 2.05) is 11.4 Å². The Kier molecular flexibility index (Phi) is 6.19. The van der Waals surface area contributed by atoms with Gasteiger partial charge >= 0.3 is 6.03 Å². The fourth-order valence-corrected chi connectivity index (χ4v) is 7.10. The van der Waals surface area contributed by atoms with E-state index in [1.165, 1.54) is 24.1 Å². The van der Waals surface area contributed by atoms with Gasteiger partial charge in [0.2, 0.25) is 5.91 Å². The normalized spacial score (nSPS) is 30.9. The smallest absolute Gasteiger partial charge is 0.315 e. The molecule has 5 nitrogen and oxygen atoms in total. The highest BCUT2D eigenvalue weighted by atomic mass is 32.1. The van der Waals surface area contributed by atoms with Crippen LogP contribution in [0.25, 0.3) is 0 Å². The average Bonchev–Trinajstić information content (AvgIpc) is 3.13. The number of nitrogens with one attached hydrogen (secondary N) is 3. The van der Waals surface area contributed by atoms with E-state index in [-0.39, 0.29) is 23.5 Å². The number of amides is 3. The monoisotopic (exact) mass is 417 g/mol. The highest BCUT2D eigenvalue weighted by molar-refractivity contribution is 7.10. The van der Waals surface area contributed by atoms with Crippen molar-refractivity contribution < 1.29 is 9.59 Å². The van der Waals surface area contributed by atoms with Gasteiger partial charge in [0, 0.05) is 23.4 Å². The second-order valence-electron chi connectivity index (χ2n) is 10.1. The quantitative estimate of drug-likeness (QED) is 0.578. The number of rotatable bonds is 8. The van der Waals surface area contributed by atoms with Gasteiger partial charge in [-0.2, -0.15) is 0 Å². The fourth-order valence-electron chi connectivity index (χ4n) is 6.31. The van der Waals surface area contributed by atoms with Gasteiger partial charge in [-0.25, -0.2) is 4.79 Å². The van der Waals surface area contributed by atoms with Crippen molar-refractivity contribution in [3.8, 4) is 0 Å². The molecule has 1 unspecified atom stereocenters. The van der Waals surface area contributed by atoms with Crippen LogP contribution in [-0.2, 0) is 4.79 Å². The lowest BCUT2D eigenvalue weighted by Crippen LogP contribution is -2.61. The molecular formula is C23H35N3O2S. The Hall–Kier alpha value is -1.56. The molecule has 0 aliphatic heterocycles. The number of hydrogen-bond acceptors (Lipinski definition) is 3. The van der Waals surface area contributed by atoms with E-state index < -0.39 is 0 Å². The van der Waals surface area contributed by atoms with Gasteiger partial charge in [-0.15, -0.1) is 11.3 Å². The van der Waals surface area contributed by atoms with E-state index in [2.05, 4.69) is 35.9 Å². The van der Waals surface area contributed by atoms with Crippen LogP contribution in [0, 0.1) is 23.7 Å². The molecule has 1 aromatic rings. The molecule has 1 heterocycles. The van der Waals surface area contributed by atoms with Crippen molar-refractivity contribution in [1.82, 2.24) is 16.0 Å². The lowest BCUT2D eigenvalue weighted by molar-refractivity contribution is -0.121. The summed E-state index contributed by atoms with van der Waals surface area (Å²) >= 11 is 1.68. The molecule has 4 bridgehead atoms. The second kappa shape index (κ2) is 8.66. The molecule has 4 fully saturated rings. The fraction of sp³-hybridized carbons (Fsp3) is 0.739. The Morgan fingerprint density at radius 1 is 1.14 bits per heavy atom. The summed E-state index contributed by atoms with van der Waals surface area (Å²) in [4.78, 5) is 26.1. The molecule has 1 atom stereocenters. The summed E-state index contributed by atoms with van der Waals surface area (Å²) in [6, 6.07) is 4.06. The maximum atomic E-state index is 12.5. The number of carbonyl (C=O) groups excluding carboxylic acids is 2. The SMILES string of the molecule is CC(C)CC(NC(=O)CCNC(=O)NC12CC3CC(CC(C3)C1)C2)c1cccs1. The minimum Gasteiger partial charge on any atom is -0.348 e. The van der Waals surface area contributed by atoms with Gasteiger partial charge in [-0.3, -0.25) is 4.79 Å². The predicted octanol–water partition coefficient (Wildman–Crippen LogP) is 4.61. The predicted molar refractivity (Wildman–Crippen MR) is 117 cm³/mol. The van der Waals surface area contributed by atoms with E-state index in [0.29, 0.717) is 18.9 Å². The molecule has 3 amide bonds. The van der Waals surface area contributed by atoms with Crippen LogP contribution in [-0.4, -0.2) is 24.0 Å². The molecular weight excluding hydrogens is 382 g/mol. The third kappa shape index (κ3) is 5.14. The summed E-state index contributed by atoms with van der Waals surface area (Å²) in [5, 5.41) is 11.4. The Morgan fingerprint density at radius 2 is 1.79 bits per heavy atom. The van der Waals surface area contributed by atoms with Gasteiger partial charge < -0.3 is 16.0 Å². The van der Waals surface area contributed by atoms with Crippen LogP contribution in [0.4, 0.5) is 4.79 Å². The molecule has 0 spiro atoms. The molecule has 0 saturated heterocycles. The van der Waals surface area contributed by atoms with Gasteiger partial charge in [0.05, 0.1) is 6.04 Å².